The van der Waals surface area contributed by atoms with E-state index in [9.17, 15) is 9.90 Å². The summed E-state index contributed by atoms with van der Waals surface area (Å²) in [4.78, 5) is 12.1. The van der Waals surface area contributed by atoms with Crippen molar-refractivity contribution in [2.24, 2.45) is 0 Å². The Hall–Kier alpha value is -2.00. The molecule has 0 bridgehead atoms. The van der Waals surface area contributed by atoms with Gasteiger partial charge in [0.25, 0.3) is 5.91 Å². The minimum Gasteiger partial charge on any atom is -0.506 e. The number of benzene rings is 2. The van der Waals surface area contributed by atoms with E-state index in [1.54, 1.807) is 30.3 Å². The van der Waals surface area contributed by atoms with Crippen molar-refractivity contribution < 1.29 is 9.90 Å². The van der Waals surface area contributed by atoms with E-state index in [-0.39, 0.29) is 11.7 Å². The minimum atomic E-state index is -0.270. The second-order valence-corrected chi connectivity index (χ2v) is 4.87. The predicted molar refractivity (Wildman–Crippen MR) is 77.0 cm³/mol. The predicted octanol–water partition coefficient (Wildman–Crippen LogP) is 3.91. The second-order valence-electron chi connectivity index (χ2n) is 4.43. The maximum atomic E-state index is 12.1. The number of anilines is 1. The van der Waals surface area contributed by atoms with Crippen LogP contribution in [0.25, 0.3) is 0 Å². The molecule has 2 rings (SSSR count). The van der Waals surface area contributed by atoms with Crippen LogP contribution in [-0.2, 0) is 0 Å². The van der Waals surface area contributed by atoms with Gasteiger partial charge in [0, 0.05) is 10.6 Å². The summed E-state index contributed by atoms with van der Waals surface area (Å²) in [6.07, 6.45) is 0. The Morgan fingerprint density at radius 2 is 1.89 bits per heavy atom. The van der Waals surface area contributed by atoms with Crippen molar-refractivity contribution in [2.75, 3.05) is 5.32 Å². The van der Waals surface area contributed by atoms with Crippen molar-refractivity contribution in [3.05, 3.63) is 58.1 Å². The Morgan fingerprint density at radius 3 is 2.53 bits per heavy atom. The molecule has 19 heavy (non-hydrogen) atoms. The molecule has 0 saturated carbocycles. The second kappa shape index (κ2) is 5.33. The van der Waals surface area contributed by atoms with E-state index < -0.39 is 0 Å². The van der Waals surface area contributed by atoms with Crippen LogP contribution in [0.5, 0.6) is 5.75 Å². The highest BCUT2D eigenvalue weighted by Gasteiger charge is 2.11. The zero-order valence-corrected chi connectivity index (χ0v) is 11.5. The largest absolute Gasteiger partial charge is 0.506 e. The molecule has 0 fully saturated rings. The first-order chi connectivity index (χ1) is 8.97. The molecule has 0 aliphatic heterocycles. The summed E-state index contributed by atoms with van der Waals surface area (Å²) in [5.41, 5.74) is 2.64. The van der Waals surface area contributed by atoms with Crippen molar-refractivity contribution in [1.29, 1.82) is 0 Å². The Bertz CT molecular complexity index is 638. The van der Waals surface area contributed by atoms with Gasteiger partial charge in [0.05, 0.1) is 5.69 Å². The van der Waals surface area contributed by atoms with Crippen LogP contribution in [0, 0.1) is 13.8 Å². The molecular formula is C15H14ClNO2. The molecule has 0 heterocycles. The number of phenols is 1. The van der Waals surface area contributed by atoms with Crippen LogP contribution in [0.15, 0.2) is 36.4 Å². The number of hydrogen-bond donors (Lipinski definition) is 2. The third-order valence-corrected chi connectivity index (χ3v) is 3.07. The molecule has 4 heteroatoms. The lowest BCUT2D eigenvalue weighted by Crippen LogP contribution is -2.13. The van der Waals surface area contributed by atoms with Crippen LogP contribution in [0.4, 0.5) is 5.69 Å². The average molecular weight is 276 g/mol. The zero-order chi connectivity index (χ0) is 14.0. The number of nitrogens with one attached hydrogen (secondary N) is 1. The maximum Gasteiger partial charge on any atom is 0.256 e. The number of aryl methyl sites for hydroxylation is 2. The molecular weight excluding hydrogens is 262 g/mol. The number of amides is 1. The molecule has 0 aromatic heterocycles. The number of carbonyl (C=O) groups is 1. The van der Waals surface area contributed by atoms with Crippen LogP contribution < -0.4 is 5.32 Å². The van der Waals surface area contributed by atoms with Gasteiger partial charge in [0.15, 0.2) is 0 Å². The number of halogens is 1. The topological polar surface area (TPSA) is 49.3 Å². The lowest BCUT2D eigenvalue weighted by molar-refractivity contribution is 0.102. The molecule has 0 aliphatic carbocycles. The van der Waals surface area contributed by atoms with Gasteiger partial charge in [-0.25, -0.2) is 0 Å². The monoisotopic (exact) mass is 275 g/mol. The molecule has 2 aromatic rings. The maximum absolute atomic E-state index is 12.1. The smallest absolute Gasteiger partial charge is 0.256 e. The van der Waals surface area contributed by atoms with Gasteiger partial charge in [0.1, 0.15) is 5.75 Å². The van der Waals surface area contributed by atoms with Gasteiger partial charge in [-0.15, -0.1) is 0 Å². The minimum absolute atomic E-state index is 0.0555. The van der Waals surface area contributed by atoms with Crippen LogP contribution in [0.2, 0.25) is 5.02 Å². The highest BCUT2D eigenvalue weighted by atomic mass is 35.5. The number of aromatic hydroxyl groups is 1. The van der Waals surface area contributed by atoms with Crippen molar-refractivity contribution in [2.45, 2.75) is 13.8 Å². The fourth-order valence-electron chi connectivity index (χ4n) is 1.82. The molecule has 0 saturated heterocycles. The van der Waals surface area contributed by atoms with Gasteiger partial charge in [-0.05, 0) is 55.3 Å². The fraction of sp³-hybridized carbons (Fsp3) is 0.133. The lowest BCUT2D eigenvalue weighted by Gasteiger charge is -2.10. The normalized spacial score (nSPS) is 10.3. The number of rotatable bonds is 2. The van der Waals surface area contributed by atoms with Gasteiger partial charge < -0.3 is 10.4 Å². The summed E-state index contributed by atoms with van der Waals surface area (Å²) in [6, 6.07) is 10.2. The summed E-state index contributed by atoms with van der Waals surface area (Å²) in [5, 5.41) is 13.0. The molecule has 0 spiro atoms. The summed E-state index contributed by atoms with van der Waals surface area (Å²) in [6.45, 7) is 3.68. The summed E-state index contributed by atoms with van der Waals surface area (Å²) < 4.78 is 0. The molecule has 0 unspecified atom stereocenters. The van der Waals surface area contributed by atoms with Gasteiger partial charge in [-0.3, -0.25) is 4.79 Å². The first kappa shape index (κ1) is 13.4. The van der Waals surface area contributed by atoms with Crippen molar-refractivity contribution in [3.63, 3.8) is 0 Å². The number of carbonyl (C=O) groups excluding carboxylic acids is 1. The lowest BCUT2D eigenvalue weighted by atomic mass is 10.1. The van der Waals surface area contributed by atoms with Gasteiger partial charge in [-0.2, -0.15) is 0 Å². The molecule has 0 aliphatic rings. The summed E-state index contributed by atoms with van der Waals surface area (Å²) in [7, 11) is 0. The molecule has 2 aromatic carbocycles. The van der Waals surface area contributed by atoms with Gasteiger partial charge in [-0.1, -0.05) is 17.7 Å². The highest BCUT2D eigenvalue weighted by molar-refractivity contribution is 6.30. The number of phenolic OH excluding ortho intramolecular Hbond substituents is 1. The summed E-state index contributed by atoms with van der Waals surface area (Å²) >= 11 is 5.85. The Kier molecular flexibility index (Phi) is 3.76. The van der Waals surface area contributed by atoms with E-state index in [0.29, 0.717) is 16.3 Å². The van der Waals surface area contributed by atoms with Crippen LogP contribution in [0.1, 0.15) is 21.5 Å². The third kappa shape index (κ3) is 3.06. The Morgan fingerprint density at radius 1 is 1.16 bits per heavy atom. The van der Waals surface area contributed by atoms with Gasteiger partial charge in [0.2, 0.25) is 0 Å². The van der Waals surface area contributed by atoms with Crippen molar-refractivity contribution >= 4 is 23.2 Å². The summed E-state index contributed by atoms with van der Waals surface area (Å²) in [5.74, 6) is -0.215. The Labute approximate surface area is 116 Å². The SMILES string of the molecule is Cc1ccc(NC(=O)c2ccc(Cl)cc2C)c(O)c1. The molecule has 98 valence electrons. The van der Waals surface area contributed by atoms with Crippen LogP contribution in [0.3, 0.4) is 0 Å². The van der Waals surface area contributed by atoms with Crippen molar-refractivity contribution in [1.82, 2.24) is 0 Å². The Balaban J connectivity index is 2.25. The van der Waals surface area contributed by atoms with E-state index >= 15 is 0 Å². The quantitative estimate of drug-likeness (QED) is 0.816. The fourth-order valence-corrected chi connectivity index (χ4v) is 2.05. The van der Waals surface area contributed by atoms with E-state index in [2.05, 4.69) is 5.32 Å². The van der Waals surface area contributed by atoms with E-state index in [0.717, 1.165) is 11.1 Å². The van der Waals surface area contributed by atoms with Gasteiger partial charge >= 0.3 is 0 Å². The van der Waals surface area contributed by atoms with Crippen LogP contribution in [-0.4, -0.2) is 11.0 Å². The zero-order valence-electron chi connectivity index (χ0n) is 10.7. The highest BCUT2D eigenvalue weighted by Crippen LogP contribution is 2.25. The van der Waals surface area contributed by atoms with E-state index in [1.165, 1.54) is 0 Å². The molecule has 1 amide bonds. The molecule has 0 radical (unpaired) electrons. The first-order valence-electron chi connectivity index (χ1n) is 5.84. The molecule has 0 atom stereocenters. The van der Waals surface area contributed by atoms with E-state index in [4.69, 9.17) is 11.6 Å². The molecule has 3 nitrogen and oxygen atoms in total. The number of hydrogen-bond acceptors (Lipinski definition) is 2. The molecule has 2 N–H and O–H groups in total. The standard InChI is InChI=1S/C15H14ClNO2/c1-9-3-6-13(14(18)7-9)17-15(19)12-5-4-11(16)8-10(12)2/h3-8,18H,1-2H3,(H,17,19). The van der Waals surface area contributed by atoms with Crippen LogP contribution >= 0.6 is 11.6 Å². The third-order valence-electron chi connectivity index (χ3n) is 2.83. The van der Waals surface area contributed by atoms with Crippen molar-refractivity contribution in [3.8, 4) is 5.75 Å². The first-order valence-corrected chi connectivity index (χ1v) is 6.22. The average Bonchev–Trinajstić information content (AvgIpc) is 2.32. The van der Waals surface area contributed by atoms with E-state index in [1.807, 2.05) is 19.9 Å².